The van der Waals surface area contributed by atoms with Crippen molar-refractivity contribution in [2.24, 2.45) is 0 Å². The van der Waals surface area contributed by atoms with E-state index in [-0.39, 0.29) is 41.6 Å². The van der Waals surface area contributed by atoms with E-state index in [0.717, 1.165) is 16.7 Å². The van der Waals surface area contributed by atoms with Gasteiger partial charge in [0.1, 0.15) is 23.9 Å². The Morgan fingerprint density at radius 1 is 1.20 bits per heavy atom. The first kappa shape index (κ1) is 16.7. The van der Waals surface area contributed by atoms with Crippen LogP contribution in [0.15, 0.2) is 29.1 Å². The van der Waals surface area contributed by atoms with Crippen molar-refractivity contribution in [3.05, 3.63) is 51.6 Å². The largest absolute Gasteiger partial charge is 0.489 e. The van der Waals surface area contributed by atoms with E-state index in [0.29, 0.717) is 0 Å². The summed E-state index contributed by atoms with van der Waals surface area (Å²) in [6.45, 7) is 0.368. The van der Waals surface area contributed by atoms with Gasteiger partial charge in [0.25, 0.3) is 17.4 Å². The molecule has 0 aliphatic carbocycles. The van der Waals surface area contributed by atoms with Crippen molar-refractivity contribution in [1.29, 1.82) is 0 Å². The molecule has 0 saturated carbocycles. The number of rotatable bonds is 5. The summed E-state index contributed by atoms with van der Waals surface area (Å²) >= 11 is 0. The molecule has 0 saturated heterocycles. The third-order valence-electron chi connectivity index (χ3n) is 3.67. The Labute approximate surface area is 141 Å². The molecule has 1 aromatic carbocycles. The van der Waals surface area contributed by atoms with Gasteiger partial charge in [-0.25, -0.2) is 4.39 Å². The molecule has 3 rings (SSSR count). The molecule has 130 valence electrons. The van der Waals surface area contributed by atoms with Crippen molar-refractivity contribution < 1.29 is 23.5 Å². The van der Waals surface area contributed by atoms with E-state index in [4.69, 9.17) is 15.2 Å². The zero-order chi connectivity index (χ0) is 18.1. The second-order valence-corrected chi connectivity index (χ2v) is 5.20. The number of hydrogen-bond donors (Lipinski definition) is 2. The van der Waals surface area contributed by atoms with Crippen LogP contribution in [0.1, 0.15) is 20.7 Å². The van der Waals surface area contributed by atoms with Crippen molar-refractivity contribution in [3.63, 3.8) is 0 Å². The van der Waals surface area contributed by atoms with E-state index in [1.165, 1.54) is 19.2 Å². The summed E-state index contributed by atoms with van der Waals surface area (Å²) in [4.78, 5) is 36.0. The third kappa shape index (κ3) is 2.74. The molecule has 0 radical (unpaired) electrons. The van der Waals surface area contributed by atoms with Crippen LogP contribution in [0.2, 0.25) is 0 Å². The SMILES string of the molecule is COCCOc1cccc(F)c1-n1c(N)c2c(cc1=O)C(=O)NC2=O. The highest BCUT2D eigenvalue weighted by Gasteiger charge is 2.32. The minimum absolute atomic E-state index is 0.0514. The van der Waals surface area contributed by atoms with Crippen LogP contribution in [0, 0.1) is 5.82 Å². The van der Waals surface area contributed by atoms with Crippen molar-refractivity contribution in [3.8, 4) is 11.4 Å². The van der Waals surface area contributed by atoms with Gasteiger partial charge < -0.3 is 15.2 Å². The maximum atomic E-state index is 14.4. The first-order valence-electron chi connectivity index (χ1n) is 7.27. The topological polar surface area (TPSA) is 113 Å². The van der Waals surface area contributed by atoms with Gasteiger partial charge in [-0.3, -0.25) is 24.3 Å². The van der Waals surface area contributed by atoms with Crippen molar-refractivity contribution in [2.75, 3.05) is 26.1 Å². The van der Waals surface area contributed by atoms with Crippen LogP contribution in [0.25, 0.3) is 5.69 Å². The number of pyridine rings is 1. The van der Waals surface area contributed by atoms with Crippen LogP contribution < -0.4 is 21.3 Å². The quantitative estimate of drug-likeness (QED) is 0.600. The van der Waals surface area contributed by atoms with Crippen LogP contribution in [0.5, 0.6) is 5.75 Å². The second kappa shape index (κ2) is 6.36. The number of benzene rings is 1. The fourth-order valence-electron chi connectivity index (χ4n) is 2.57. The summed E-state index contributed by atoms with van der Waals surface area (Å²) < 4.78 is 25.6. The van der Waals surface area contributed by atoms with Crippen LogP contribution in [-0.4, -0.2) is 36.7 Å². The normalized spacial score (nSPS) is 12.9. The number of carbonyl (C=O) groups excluding carboxylic acids is 2. The zero-order valence-electron chi connectivity index (χ0n) is 13.2. The predicted octanol–water partition coefficient (Wildman–Crippen LogP) is 0.468. The highest BCUT2D eigenvalue weighted by atomic mass is 19.1. The van der Waals surface area contributed by atoms with Crippen molar-refractivity contribution in [2.45, 2.75) is 0 Å². The van der Waals surface area contributed by atoms with Crippen molar-refractivity contribution >= 4 is 17.6 Å². The minimum Gasteiger partial charge on any atom is -0.489 e. The molecule has 3 N–H and O–H groups in total. The van der Waals surface area contributed by atoms with Gasteiger partial charge in [-0.2, -0.15) is 0 Å². The summed E-state index contributed by atoms with van der Waals surface area (Å²) in [7, 11) is 1.48. The second-order valence-electron chi connectivity index (χ2n) is 5.20. The molecule has 1 aromatic heterocycles. The lowest BCUT2D eigenvalue weighted by molar-refractivity contribution is 0.0880. The first-order valence-corrected chi connectivity index (χ1v) is 7.27. The fourth-order valence-corrected chi connectivity index (χ4v) is 2.57. The number of nitrogen functional groups attached to an aromatic ring is 1. The maximum Gasteiger partial charge on any atom is 0.262 e. The Balaban J connectivity index is 2.22. The Morgan fingerprint density at radius 2 is 1.96 bits per heavy atom. The Hall–Kier alpha value is -3.20. The van der Waals surface area contributed by atoms with Crippen LogP contribution in [0.4, 0.5) is 10.2 Å². The van der Waals surface area contributed by atoms with E-state index >= 15 is 0 Å². The molecule has 2 heterocycles. The smallest absolute Gasteiger partial charge is 0.262 e. The van der Waals surface area contributed by atoms with E-state index < -0.39 is 23.2 Å². The van der Waals surface area contributed by atoms with Crippen LogP contribution in [0.3, 0.4) is 0 Å². The highest BCUT2D eigenvalue weighted by Crippen LogP contribution is 2.29. The summed E-state index contributed by atoms with van der Waals surface area (Å²) in [6.07, 6.45) is 0. The molecular weight excluding hydrogens is 333 g/mol. The summed E-state index contributed by atoms with van der Waals surface area (Å²) in [5, 5.41) is 2.05. The lowest BCUT2D eigenvalue weighted by Crippen LogP contribution is -2.25. The molecule has 1 aliphatic heterocycles. The Bertz CT molecular complexity index is 938. The molecule has 0 spiro atoms. The minimum atomic E-state index is -0.770. The Morgan fingerprint density at radius 3 is 2.68 bits per heavy atom. The van der Waals surface area contributed by atoms with Gasteiger partial charge in [-0.05, 0) is 12.1 Å². The zero-order valence-corrected chi connectivity index (χ0v) is 13.2. The molecule has 1 aliphatic rings. The monoisotopic (exact) mass is 347 g/mol. The van der Waals surface area contributed by atoms with Gasteiger partial charge in [0.05, 0.1) is 17.7 Å². The number of halogens is 1. The van der Waals surface area contributed by atoms with Crippen LogP contribution in [-0.2, 0) is 4.74 Å². The number of aromatic nitrogens is 1. The van der Waals surface area contributed by atoms with Gasteiger partial charge in [0, 0.05) is 13.2 Å². The molecule has 0 unspecified atom stereocenters. The maximum absolute atomic E-state index is 14.4. The molecule has 2 amide bonds. The molecule has 0 bridgehead atoms. The number of methoxy groups -OCH3 is 1. The Kier molecular flexibility index (Phi) is 4.24. The van der Waals surface area contributed by atoms with Gasteiger partial charge >= 0.3 is 0 Å². The number of carbonyl (C=O) groups is 2. The molecule has 25 heavy (non-hydrogen) atoms. The number of anilines is 1. The lowest BCUT2D eigenvalue weighted by atomic mass is 10.1. The third-order valence-corrected chi connectivity index (χ3v) is 3.67. The standard InChI is InChI=1S/C16H14FN3O5/c1-24-5-6-25-10-4-2-3-9(17)13(10)20-11(21)7-8-12(14(20)18)16(23)19-15(8)22/h2-4,7H,5-6,18H2,1H3,(H,19,22,23). The summed E-state index contributed by atoms with van der Waals surface area (Å²) in [5.41, 5.74) is 4.61. The number of para-hydroxylation sites is 1. The number of nitrogens with zero attached hydrogens (tertiary/aromatic N) is 1. The van der Waals surface area contributed by atoms with E-state index in [2.05, 4.69) is 0 Å². The number of nitrogens with two attached hydrogens (primary N) is 1. The average Bonchev–Trinajstić information content (AvgIpc) is 2.84. The highest BCUT2D eigenvalue weighted by molar-refractivity contribution is 6.23. The van der Waals surface area contributed by atoms with E-state index in [1.807, 2.05) is 5.32 Å². The average molecular weight is 347 g/mol. The number of amides is 2. The number of imide groups is 1. The summed E-state index contributed by atoms with van der Waals surface area (Å²) in [5.74, 6) is -2.53. The number of fused-ring (bicyclic) bond motifs is 1. The molecule has 9 heteroatoms. The molecule has 0 atom stereocenters. The van der Waals surface area contributed by atoms with Gasteiger partial charge in [0.2, 0.25) is 0 Å². The van der Waals surface area contributed by atoms with E-state index in [9.17, 15) is 18.8 Å². The van der Waals surface area contributed by atoms with Gasteiger partial charge in [-0.15, -0.1) is 0 Å². The molecular formula is C16H14FN3O5. The van der Waals surface area contributed by atoms with E-state index in [1.54, 1.807) is 0 Å². The number of nitrogens with one attached hydrogen (secondary N) is 1. The number of hydrogen-bond acceptors (Lipinski definition) is 6. The predicted molar refractivity (Wildman–Crippen MR) is 85.6 cm³/mol. The fraction of sp³-hybridized carbons (Fsp3) is 0.188. The number of ether oxygens (including phenoxy) is 2. The lowest BCUT2D eigenvalue weighted by Gasteiger charge is -2.16. The van der Waals surface area contributed by atoms with Gasteiger partial charge in [-0.1, -0.05) is 6.07 Å². The van der Waals surface area contributed by atoms with Crippen LogP contribution >= 0.6 is 0 Å². The molecule has 2 aromatic rings. The first-order chi connectivity index (χ1) is 12.0. The van der Waals surface area contributed by atoms with Crippen molar-refractivity contribution in [1.82, 2.24) is 9.88 Å². The molecule has 8 nitrogen and oxygen atoms in total. The molecule has 0 fully saturated rings. The van der Waals surface area contributed by atoms with Gasteiger partial charge in [0.15, 0.2) is 5.82 Å². The summed E-state index contributed by atoms with van der Waals surface area (Å²) in [6, 6.07) is 4.93.